The van der Waals surface area contributed by atoms with Gasteiger partial charge in [0.1, 0.15) is 0 Å². The fourth-order valence-electron chi connectivity index (χ4n) is 2.42. The van der Waals surface area contributed by atoms with Crippen molar-refractivity contribution in [3.63, 3.8) is 0 Å². The maximum atomic E-state index is 13.3. The number of fused-ring (bicyclic) bond motifs is 1. The maximum absolute atomic E-state index is 13.3. The highest BCUT2D eigenvalue weighted by Gasteiger charge is 2.38. The van der Waals surface area contributed by atoms with Crippen LogP contribution in [0, 0.1) is 0 Å². The van der Waals surface area contributed by atoms with E-state index < -0.39 is 24.1 Å². The van der Waals surface area contributed by atoms with Crippen LogP contribution in [0.4, 0.5) is 23.7 Å². The van der Waals surface area contributed by atoms with Crippen LogP contribution in [-0.4, -0.2) is 36.0 Å². The summed E-state index contributed by atoms with van der Waals surface area (Å²) in [7, 11) is 1.41. The number of benzene rings is 1. The lowest BCUT2D eigenvalue weighted by molar-refractivity contribution is -0.147. The van der Waals surface area contributed by atoms with E-state index >= 15 is 0 Å². The average Bonchev–Trinajstić information content (AvgIpc) is 2.86. The van der Waals surface area contributed by atoms with Gasteiger partial charge in [-0.1, -0.05) is 0 Å². The average molecular weight is 345 g/mol. The highest BCUT2D eigenvalue weighted by atomic mass is 19.4. The number of methoxy groups -OCH3 is 1. The third-order valence-electron chi connectivity index (χ3n) is 3.31. The van der Waals surface area contributed by atoms with Gasteiger partial charge in [-0.25, -0.2) is 9.78 Å². The Morgan fingerprint density at radius 1 is 1.42 bits per heavy atom. The van der Waals surface area contributed by atoms with Crippen molar-refractivity contribution >= 4 is 22.8 Å². The van der Waals surface area contributed by atoms with Crippen LogP contribution in [0.2, 0.25) is 0 Å². The lowest BCUT2D eigenvalue weighted by Crippen LogP contribution is -2.20. The van der Waals surface area contributed by atoms with Crippen LogP contribution in [0.5, 0.6) is 0 Å². The monoisotopic (exact) mass is 345 g/mol. The van der Waals surface area contributed by atoms with Gasteiger partial charge in [0.2, 0.25) is 5.82 Å². The van der Waals surface area contributed by atoms with Gasteiger partial charge < -0.3 is 14.0 Å². The second-order valence-corrected chi connectivity index (χ2v) is 5.16. The third-order valence-corrected chi connectivity index (χ3v) is 3.31. The Hall–Kier alpha value is -2.29. The summed E-state index contributed by atoms with van der Waals surface area (Å²) in [6.07, 6.45) is -5.28. The van der Waals surface area contributed by atoms with E-state index in [-0.39, 0.29) is 24.2 Å². The zero-order valence-corrected chi connectivity index (χ0v) is 13.5. The van der Waals surface area contributed by atoms with Crippen molar-refractivity contribution in [3.05, 3.63) is 24.0 Å². The number of amides is 1. The molecule has 0 fully saturated rings. The molecule has 0 aliphatic heterocycles. The van der Waals surface area contributed by atoms with E-state index in [1.165, 1.54) is 25.3 Å². The van der Waals surface area contributed by atoms with E-state index in [9.17, 15) is 18.0 Å². The number of carbonyl (C=O) groups excluding carboxylic acids is 1. The molecule has 6 nitrogen and oxygen atoms in total. The Balaban J connectivity index is 2.52. The predicted molar refractivity (Wildman–Crippen MR) is 82.0 cm³/mol. The topological polar surface area (TPSA) is 65.4 Å². The molecule has 2 rings (SSSR count). The van der Waals surface area contributed by atoms with E-state index in [1.54, 1.807) is 13.8 Å². The number of halogens is 3. The van der Waals surface area contributed by atoms with Crippen molar-refractivity contribution < 1.29 is 27.4 Å². The Morgan fingerprint density at radius 3 is 2.71 bits per heavy atom. The second kappa shape index (κ2) is 7.08. The van der Waals surface area contributed by atoms with Gasteiger partial charge in [-0.2, -0.15) is 13.2 Å². The lowest BCUT2D eigenvalue weighted by atomic mass is 10.2. The number of nitrogens with zero attached hydrogens (tertiary/aromatic N) is 2. The predicted octanol–water partition coefficient (Wildman–Crippen LogP) is 3.83. The quantitative estimate of drug-likeness (QED) is 0.894. The third kappa shape index (κ3) is 3.78. The standard InChI is InChI=1S/C15H18F3N3O3/c1-4-24-14(22)19-10-5-6-11-12(7-10)21(9(2)8-23-3)13(20-11)15(16,17)18/h5-7,9H,4,8H2,1-3H3,(H,19,22). The fraction of sp³-hybridized carbons (Fsp3) is 0.467. The molecule has 1 amide bonds. The number of anilines is 1. The highest BCUT2D eigenvalue weighted by Crippen LogP contribution is 2.34. The summed E-state index contributed by atoms with van der Waals surface area (Å²) in [5.41, 5.74) is 0.751. The van der Waals surface area contributed by atoms with E-state index in [0.717, 1.165) is 4.57 Å². The lowest BCUT2D eigenvalue weighted by Gasteiger charge is -2.18. The highest BCUT2D eigenvalue weighted by molar-refractivity contribution is 5.89. The molecule has 1 aromatic heterocycles. The van der Waals surface area contributed by atoms with Crippen LogP contribution < -0.4 is 5.32 Å². The summed E-state index contributed by atoms with van der Waals surface area (Å²) in [5.74, 6) is -1.00. The number of carbonyl (C=O) groups is 1. The van der Waals surface area contributed by atoms with Crippen molar-refractivity contribution in [1.82, 2.24) is 9.55 Å². The number of alkyl halides is 3. The van der Waals surface area contributed by atoms with Crippen molar-refractivity contribution in [1.29, 1.82) is 0 Å². The minimum Gasteiger partial charge on any atom is -0.450 e. The first-order valence-corrected chi connectivity index (χ1v) is 7.29. The summed E-state index contributed by atoms with van der Waals surface area (Å²) in [6.45, 7) is 3.53. The van der Waals surface area contributed by atoms with Crippen molar-refractivity contribution in [3.8, 4) is 0 Å². The molecule has 132 valence electrons. The van der Waals surface area contributed by atoms with Crippen LogP contribution in [-0.2, 0) is 15.7 Å². The summed E-state index contributed by atoms with van der Waals surface area (Å²) in [5, 5.41) is 2.47. The van der Waals surface area contributed by atoms with Crippen molar-refractivity contribution in [2.24, 2.45) is 0 Å². The molecular formula is C15H18F3N3O3. The molecule has 0 radical (unpaired) electrons. The van der Waals surface area contributed by atoms with Gasteiger partial charge in [0.15, 0.2) is 0 Å². The normalized spacial score (nSPS) is 13.1. The molecule has 1 N–H and O–H groups in total. The maximum Gasteiger partial charge on any atom is 0.449 e. The van der Waals surface area contributed by atoms with Crippen LogP contribution in [0.1, 0.15) is 25.7 Å². The smallest absolute Gasteiger partial charge is 0.449 e. The first kappa shape index (κ1) is 18.1. The Bertz CT molecular complexity index is 728. The Morgan fingerprint density at radius 2 is 2.12 bits per heavy atom. The molecule has 0 bridgehead atoms. The van der Waals surface area contributed by atoms with Gasteiger partial charge in [0, 0.05) is 12.8 Å². The largest absolute Gasteiger partial charge is 0.450 e. The second-order valence-electron chi connectivity index (χ2n) is 5.16. The van der Waals surface area contributed by atoms with Crippen molar-refractivity contribution in [2.45, 2.75) is 26.1 Å². The molecule has 1 unspecified atom stereocenters. The molecule has 0 saturated carbocycles. The van der Waals surface area contributed by atoms with Gasteiger partial charge >= 0.3 is 12.3 Å². The number of ether oxygens (including phenoxy) is 2. The number of rotatable bonds is 5. The van der Waals surface area contributed by atoms with E-state index in [0.29, 0.717) is 5.69 Å². The number of nitrogens with one attached hydrogen (secondary N) is 1. The fourth-order valence-corrected chi connectivity index (χ4v) is 2.42. The SMILES string of the molecule is CCOC(=O)Nc1ccc2nc(C(F)(F)F)n(C(C)COC)c2c1. The van der Waals surface area contributed by atoms with Crippen LogP contribution in [0.15, 0.2) is 18.2 Å². The summed E-state index contributed by atoms with van der Waals surface area (Å²) in [4.78, 5) is 15.2. The minimum atomic E-state index is -4.60. The Labute approximate surface area is 136 Å². The molecule has 1 aromatic carbocycles. The van der Waals surface area contributed by atoms with Gasteiger partial charge in [-0.15, -0.1) is 0 Å². The zero-order chi connectivity index (χ0) is 17.9. The summed E-state index contributed by atoms with van der Waals surface area (Å²) in [6, 6.07) is 3.73. The van der Waals surface area contributed by atoms with Gasteiger partial charge in [0.05, 0.1) is 30.3 Å². The molecule has 1 atom stereocenters. The molecule has 0 saturated heterocycles. The van der Waals surface area contributed by atoms with Crippen LogP contribution >= 0.6 is 0 Å². The van der Waals surface area contributed by atoms with Crippen molar-refractivity contribution in [2.75, 3.05) is 25.6 Å². The summed E-state index contributed by atoms with van der Waals surface area (Å²) < 4.78 is 50.6. The van der Waals surface area contributed by atoms with Gasteiger partial charge in [-0.3, -0.25) is 5.32 Å². The van der Waals surface area contributed by atoms with E-state index in [1.807, 2.05) is 0 Å². The molecule has 24 heavy (non-hydrogen) atoms. The zero-order valence-electron chi connectivity index (χ0n) is 13.5. The summed E-state index contributed by atoms with van der Waals surface area (Å²) >= 11 is 0. The number of hydrogen-bond acceptors (Lipinski definition) is 4. The van der Waals surface area contributed by atoms with Gasteiger partial charge in [0.25, 0.3) is 0 Å². The van der Waals surface area contributed by atoms with E-state index in [2.05, 4.69) is 10.3 Å². The molecular weight excluding hydrogens is 327 g/mol. The molecule has 0 spiro atoms. The number of imidazole rings is 1. The molecule has 1 heterocycles. The molecule has 0 aliphatic rings. The van der Waals surface area contributed by atoms with Crippen LogP contribution in [0.25, 0.3) is 11.0 Å². The minimum absolute atomic E-state index is 0.0874. The molecule has 2 aromatic rings. The molecule has 9 heteroatoms. The van der Waals surface area contributed by atoms with Crippen LogP contribution in [0.3, 0.4) is 0 Å². The van der Waals surface area contributed by atoms with Gasteiger partial charge in [-0.05, 0) is 32.0 Å². The number of aromatic nitrogens is 2. The first-order valence-electron chi connectivity index (χ1n) is 7.29. The Kier molecular flexibility index (Phi) is 5.33. The molecule has 0 aliphatic carbocycles. The first-order chi connectivity index (χ1) is 11.3. The van der Waals surface area contributed by atoms with E-state index in [4.69, 9.17) is 9.47 Å². The number of hydrogen-bond donors (Lipinski definition) is 1.